The number of halogens is 1. The molecular weight excluding hydrogens is 350 g/mol. The van der Waals surface area contributed by atoms with Crippen molar-refractivity contribution in [1.82, 2.24) is 20.1 Å². The van der Waals surface area contributed by atoms with Gasteiger partial charge in [-0.25, -0.2) is 0 Å². The number of amides is 1. The molecule has 2 aromatic heterocycles. The number of carbonyl (C=O) groups is 1. The van der Waals surface area contributed by atoms with Crippen LogP contribution in [0.5, 0.6) is 0 Å². The molecule has 3 rings (SSSR count). The summed E-state index contributed by atoms with van der Waals surface area (Å²) in [5.74, 6) is -0.218. The van der Waals surface area contributed by atoms with Crippen LogP contribution >= 0.6 is 11.6 Å². The molecule has 0 saturated heterocycles. The smallest absolute Gasteiger partial charge is 0.270 e. The highest BCUT2D eigenvalue weighted by molar-refractivity contribution is 6.32. The molecular formula is C19H16ClN5O. The van der Waals surface area contributed by atoms with E-state index in [1.54, 1.807) is 41.2 Å². The predicted molar refractivity (Wildman–Crippen MR) is 98.6 cm³/mol. The van der Waals surface area contributed by atoms with E-state index < -0.39 is 0 Å². The number of aromatic nitrogens is 3. The van der Waals surface area contributed by atoms with Gasteiger partial charge in [0.2, 0.25) is 0 Å². The third kappa shape index (κ3) is 4.08. The summed E-state index contributed by atoms with van der Waals surface area (Å²) in [7, 11) is 0. The predicted octanol–water partition coefficient (Wildman–Crippen LogP) is 3.29. The Balaban J connectivity index is 1.66. The summed E-state index contributed by atoms with van der Waals surface area (Å²) in [6.45, 7) is 2.42. The average molecular weight is 366 g/mol. The van der Waals surface area contributed by atoms with E-state index in [2.05, 4.69) is 15.4 Å². The number of hydrogen-bond donors (Lipinski definition) is 1. The van der Waals surface area contributed by atoms with Crippen molar-refractivity contribution in [3.63, 3.8) is 0 Å². The molecule has 0 fully saturated rings. The van der Waals surface area contributed by atoms with Crippen LogP contribution in [0.15, 0.2) is 54.9 Å². The minimum atomic E-state index is -0.218. The highest BCUT2D eigenvalue weighted by atomic mass is 35.5. The molecule has 0 radical (unpaired) electrons. The Morgan fingerprint density at radius 1 is 1.35 bits per heavy atom. The Hall–Kier alpha value is -3.17. The average Bonchev–Trinajstić information content (AvgIpc) is 3.10. The lowest BCUT2D eigenvalue weighted by molar-refractivity contribution is 0.0931. The lowest BCUT2D eigenvalue weighted by atomic mass is 10.1. The van der Waals surface area contributed by atoms with Gasteiger partial charge in [0.15, 0.2) is 0 Å². The molecule has 3 aromatic rings. The second kappa shape index (κ2) is 7.81. The van der Waals surface area contributed by atoms with Crippen LogP contribution in [0.2, 0.25) is 5.02 Å². The molecule has 0 spiro atoms. The first kappa shape index (κ1) is 17.6. The van der Waals surface area contributed by atoms with Crippen LogP contribution in [0, 0.1) is 11.3 Å². The van der Waals surface area contributed by atoms with Crippen molar-refractivity contribution in [2.75, 3.05) is 0 Å². The number of benzene rings is 1. The number of nitrogens with zero attached hydrogens (tertiary/aromatic N) is 4. The second-order valence-corrected chi connectivity index (χ2v) is 6.23. The van der Waals surface area contributed by atoms with Crippen LogP contribution < -0.4 is 5.32 Å². The Labute approximate surface area is 156 Å². The molecule has 6 nitrogen and oxygen atoms in total. The molecule has 1 N–H and O–H groups in total. The largest absolute Gasteiger partial charge is 0.346 e. The summed E-state index contributed by atoms with van der Waals surface area (Å²) in [6, 6.07) is 14.2. The SMILES string of the molecule is C[C@@H](Cn1ccc(-c2ccc(C#N)c(Cl)c2)n1)NC(=O)c1ccccn1. The summed E-state index contributed by atoms with van der Waals surface area (Å²) in [5, 5.41) is 16.7. The zero-order valence-corrected chi connectivity index (χ0v) is 14.8. The van der Waals surface area contributed by atoms with Crippen molar-refractivity contribution in [1.29, 1.82) is 5.26 Å². The van der Waals surface area contributed by atoms with Crippen LogP contribution in [0.4, 0.5) is 0 Å². The van der Waals surface area contributed by atoms with Gasteiger partial charge in [-0.15, -0.1) is 0 Å². The topological polar surface area (TPSA) is 83.6 Å². The Morgan fingerprint density at radius 2 is 2.19 bits per heavy atom. The molecule has 0 saturated carbocycles. The number of hydrogen-bond acceptors (Lipinski definition) is 4. The van der Waals surface area contributed by atoms with Crippen LogP contribution in [-0.4, -0.2) is 26.7 Å². The Bertz CT molecular complexity index is 962. The van der Waals surface area contributed by atoms with E-state index in [1.807, 2.05) is 31.3 Å². The van der Waals surface area contributed by atoms with Gasteiger partial charge in [0.25, 0.3) is 5.91 Å². The van der Waals surface area contributed by atoms with E-state index >= 15 is 0 Å². The third-order valence-electron chi connectivity index (χ3n) is 3.76. The number of rotatable bonds is 5. The number of carbonyl (C=O) groups excluding carboxylic acids is 1. The maximum atomic E-state index is 12.1. The van der Waals surface area contributed by atoms with Crippen molar-refractivity contribution < 1.29 is 4.79 Å². The van der Waals surface area contributed by atoms with Crippen LogP contribution in [0.1, 0.15) is 23.0 Å². The maximum Gasteiger partial charge on any atom is 0.270 e. The van der Waals surface area contributed by atoms with Crippen LogP contribution in [-0.2, 0) is 6.54 Å². The van der Waals surface area contributed by atoms with Crippen molar-refractivity contribution >= 4 is 17.5 Å². The van der Waals surface area contributed by atoms with Crippen molar-refractivity contribution in [2.45, 2.75) is 19.5 Å². The zero-order chi connectivity index (χ0) is 18.5. The first-order valence-corrected chi connectivity index (χ1v) is 8.40. The van der Waals surface area contributed by atoms with Crippen LogP contribution in [0.25, 0.3) is 11.3 Å². The number of nitrogens with one attached hydrogen (secondary N) is 1. The van der Waals surface area contributed by atoms with Gasteiger partial charge in [-0.05, 0) is 37.3 Å². The highest BCUT2D eigenvalue weighted by Gasteiger charge is 2.12. The van der Waals surface area contributed by atoms with Crippen molar-refractivity contribution in [3.05, 3.63) is 71.1 Å². The summed E-state index contributed by atoms with van der Waals surface area (Å²) in [4.78, 5) is 16.2. The first-order valence-electron chi connectivity index (χ1n) is 8.02. The summed E-state index contributed by atoms with van der Waals surface area (Å²) in [5.41, 5.74) is 2.39. The van der Waals surface area contributed by atoms with E-state index in [-0.39, 0.29) is 11.9 Å². The third-order valence-corrected chi connectivity index (χ3v) is 4.07. The molecule has 0 aliphatic rings. The molecule has 2 heterocycles. The quantitative estimate of drug-likeness (QED) is 0.752. The zero-order valence-electron chi connectivity index (χ0n) is 14.1. The van der Waals surface area contributed by atoms with Gasteiger partial charge >= 0.3 is 0 Å². The Morgan fingerprint density at radius 3 is 2.88 bits per heavy atom. The second-order valence-electron chi connectivity index (χ2n) is 5.82. The van der Waals surface area contributed by atoms with Gasteiger partial charge in [-0.3, -0.25) is 14.5 Å². The molecule has 1 atom stereocenters. The van der Waals surface area contributed by atoms with Gasteiger partial charge < -0.3 is 5.32 Å². The summed E-state index contributed by atoms with van der Waals surface area (Å²) in [6.07, 6.45) is 3.42. The van der Waals surface area contributed by atoms with Gasteiger partial charge in [0.1, 0.15) is 11.8 Å². The maximum absolute atomic E-state index is 12.1. The molecule has 130 valence electrons. The number of nitriles is 1. The van der Waals surface area contributed by atoms with E-state index in [1.165, 1.54) is 0 Å². The van der Waals surface area contributed by atoms with E-state index in [9.17, 15) is 4.79 Å². The fraction of sp³-hybridized carbons (Fsp3) is 0.158. The summed E-state index contributed by atoms with van der Waals surface area (Å²) < 4.78 is 1.75. The monoisotopic (exact) mass is 365 g/mol. The fourth-order valence-corrected chi connectivity index (χ4v) is 2.73. The van der Waals surface area contributed by atoms with E-state index in [4.69, 9.17) is 16.9 Å². The standard InChI is InChI=1S/C19H16ClN5O/c1-13(23-19(26)18-4-2-3-8-22-18)12-25-9-7-17(24-25)14-5-6-15(11-21)16(20)10-14/h2-10,13H,12H2,1H3,(H,23,26)/t13-/m0/s1. The highest BCUT2D eigenvalue weighted by Crippen LogP contribution is 2.24. The van der Waals surface area contributed by atoms with Crippen molar-refractivity contribution in [2.24, 2.45) is 0 Å². The molecule has 0 aliphatic heterocycles. The van der Waals surface area contributed by atoms with Crippen molar-refractivity contribution in [3.8, 4) is 17.3 Å². The number of pyridine rings is 1. The molecule has 26 heavy (non-hydrogen) atoms. The summed E-state index contributed by atoms with van der Waals surface area (Å²) >= 11 is 6.08. The molecule has 7 heteroatoms. The van der Waals surface area contributed by atoms with Gasteiger partial charge in [0, 0.05) is 24.0 Å². The first-order chi connectivity index (χ1) is 12.6. The fourth-order valence-electron chi connectivity index (χ4n) is 2.50. The van der Waals surface area contributed by atoms with Gasteiger partial charge in [-0.1, -0.05) is 23.7 Å². The van der Waals surface area contributed by atoms with E-state index in [0.717, 1.165) is 11.3 Å². The molecule has 0 aliphatic carbocycles. The minimum absolute atomic E-state index is 0.123. The molecule has 0 unspecified atom stereocenters. The lowest BCUT2D eigenvalue weighted by Gasteiger charge is -2.13. The van der Waals surface area contributed by atoms with Gasteiger partial charge in [-0.2, -0.15) is 10.4 Å². The van der Waals surface area contributed by atoms with E-state index in [0.29, 0.717) is 22.8 Å². The minimum Gasteiger partial charge on any atom is -0.346 e. The van der Waals surface area contributed by atoms with Crippen LogP contribution in [0.3, 0.4) is 0 Å². The normalized spacial score (nSPS) is 11.6. The lowest BCUT2D eigenvalue weighted by Crippen LogP contribution is -2.36. The Kier molecular flexibility index (Phi) is 5.30. The molecule has 1 amide bonds. The van der Waals surface area contributed by atoms with Gasteiger partial charge in [0.05, 0.1) is 22.8 Å². The molecule has 1 aromatic carbocycles. The molecule has 0 bridgehead atoms.